The van der Waals surface area contributed by atoms with Crippen LogP contribution in [0.4, 0.5) is 9.59 Å². The second-order valence-electron chi connectivity index (χ2n) is 28.9. The molecule has 10 rings (SSSR count). The van der Waals surface area contributed by atoms with Gasteiger partial charge in [0.25, 0.3) is 23.6 Å². The molecule has 0 radical (unpaired) electrons. The van der Waals surface area contributed by atoms with Crippen molar-refractivity contribution in [3.8, 4) is 5.75 Å². The zero-order valence-electron chi connectivity index (χ0n) is 71.5. The summed E-state index contributed by atoms with van der Waals surface area (Å²) in [6, 6.07) is 18.5. The molecular weight excluding hydrogens is 1930 g/mol. The molecule has 57 heteroatoms. The number of ether oxygens (including phenoxy) is 2. The third-order valence-electron chi connectivity index (χ3n) is 19.0. The summed E-state index contributed by atoms with van der Waals surface area (Å²) in [5.41, 5.74) is 6.34. The smallest absolute Gasteiger partial charge is 0.408 e. The maximum absolute atomic E-state index is 12.6. The number of benzene rings is 4. The molecule has 6 aliphatic rings. The van der Waals surface area contributed by atoms with Crippen molar-refractivity contribution in [1.82, 2.24) is 35.6 Å². The molecular formula is C81H92N8O45S4. The Morgan fingerprint density at radius 2 is 0.812 bits per heavy atom. The third-order valence-corrected chi connectivity index (χ3v) is 23.7. The number of carboxylic acid groups (broad SMARTS) is 16. The van der Waals surface area contributed by atoms with Gasteiger partial charge < -0.3 is 133 Å². The minimum Gasteiger partial charge on any atom is -0.508 e. The van der Waals surface area contributed by atoms with Crippen LogP contribution in [-0.2, 0) is 114 Å². The number of rotatable bonds is 43. The van der Waals surface area contributed by atoms with Gasteiger partial charge in [0.05, 0.1) is 65.2 Å². The fourth-order valence-corrected chi connectivity index (χ4v) is 16.2. The molecule has 53 nitrogen and oxygen atoms in total. The number of fused-ring (bicyclic) bond motifs is 2. The maximum Gasteiger partial charge on any atom is 0.408 e. The highest BCUT2D eigenvalue weighted by atomic mass is 33.1. The van der Waals surface area contributed by atoms with Crippen LogP contribution in [0.3, 0.4) is 0 Å². The zero-order chi connectivity index (χ0) is 104. The largest absolute Gasteiger partial charge is 0.508 e. The van der Waals surface area contributed by atoms with Crippen molar-refractivity contribution in [2.75, 3.05) is 54.3 Å². The molecule has 750 valence electrons. The Kier molecular flexibility index (Phi) is 49.3. The number of likely N-dealkylation sites (tertiary alicyclic amines) is 2. The van der Waals surface area contributed by atoms with Crippen LogP contribution in [0, 0.1) is 23.7 Å². The molecule has 1 aliphatic carbocycles. The van der Waals surface area contributed by atoms with Gasteiger partial charge in [0, 0.05) is 80.0 Å². The van der Waals surface area contributed by atoms with Crippen LogP contribution < -0.4 is 21.7 Å². The molecule has 5 heterocycles. The van der Waals surface area contributed by atoms with E-state index in [1.54, 1.807) is 59.9 Å². The van der Waals surface area contributed by atoms with E-state index in [0.717, 1.165) is 26.7 Å². The number of carboxylic acids is 16. The van der Waals surface area contributed by atoms with E-state index in [4.69, 9.17) is 76.2 Å². The summed E-state index contributed by atoms with van der Waals surface area (Å²) < 4.78 is 9.30. The summed E-state index contributed by atoms with van der Waals surface area (Å²) in [5, 5.41) is 161. The van der Waals surface area contributed by atoms with E-state index in [0.29, 0.717) is 45.3 Å². The van der Waals surface area contributed by atoms with Crippen LogP contribution in [0.5, 0.6) is 5.75 Å². The molecule has 4 fully saturated rings. The van der Waals surface area contributed by atoms with Crippen LogP contribution in [0.25, 0.3) is 0 Å². The van der Waals surface area contributed by atoms with Gasteiger partial charge in [0.15, 0.2) is 12.2 Å². The normalized spacial score (nSPS) is 17.5. The minimum atomic E-state index is -2.30. The molecule has 4 aromatic rings. The van der Waals surface area contributed by atoms with E-state index in [-0.39, 0.29) is 123 Å². The van der Waals surface area contributed by atoms with Gasteiger partial charge in [-0.2, -0.15) is 23.5 Å². The number of amides is 10. The number of aromatic hydroxyl groups is 1. The molecule has 4 aromatic carbocycles. The van der Waals surface area contributed by atoms with Gasteiger partial charge in [-0.05, 0) is 66.8 Å². The number of nitrogens with zero attached hydrogens (tertiary/aromatic N) is 4. The van der Waals surface area contributed by atoms with E-state index in [2.05, 4.69) is 21.1 Å². The van der Waals surface area contributed by atoms with Crippen molar-refractivity contribution in [2.24, 2.45) is 29.4 Å². The number of aliphatic hydroxyl groups is 1. The number of nitrogens with two attached hydrogens (primary N) is 1. The Morgan fingerprint density at radius 1 is 0.428 bits per heavy atom. The Hall–Kier alpha value is -15.3. The van der Waals surface area contributed by atoms with Crippen molar-refractivity contribution in [2.45, 2.75) is 119 Å². The van der Waals surface area contributed by atoms with Crippen molar-refractivity contribution < 1.29 is 221 Å². The van der Waals surface area contributed by atoms with Gasteiger partial charge in [0.2, 0.25) is 23.8 Å². The lowest BCUT2D eigenvalue weighted by atomic mass is 9.74. The van der Waals surface area contributed by atoms with Gasteiger partial charge in [-0.15, -0.1) is 0 Å². The van der Waals surface area contributed by atoms with Crippen LogP contribution in [0.2, 0.25) is 0 Å². The second-order valence-corrected chi connectivity index (χ2v) is 34.0. The molecule has 23 N–H and O–H groups in total. The SMILES string of the molecule is NC(=O)NC(CC(=O)O)C(=O)O.O=C(O)C(O)C(=O)O.O=C(O)C1CC(=O)N(CCN2CC(C(=O)O)CC2=O)C1.O=C(O)C1OC1C(=O)O.O=C(O)CCSCSCCC(=O)O.O=C(O)CC[C@@H](NC(=O)OCc1ccccc1)C(=O)N[C@@H](Cc1ccc(O)cc1)C(=O)O.O=C(O)[C@H](CSSC[C@@H](C(=O)O)N1C(=O)c2ccccc2C1=O)N1C(=O)c2ccccc2C1=O.O=C(O)[C@H]1CC[C@H]1C(=O)O. The van der Waals surface area contributed by atoms with E-state index >= 15 is 0 Å². The highest BCUT2D eigenvalue weighted by molar-refractivity contribution is 8.76. The van der Waals surface area contributed by atoms with Gasteiger partial charge in [-0.3, -0.25) is 81.7 Å². The molecule has 5 aliphatic heterocycles. The summed E-state index contributed by atoms with van der Waals surface area (Å²) in [4.78, 5) is 280. The fourth-order valence-electron chi connectivity index (χ4n) is 11.8. The van der Waals surface area contributed by atoms with Crippen molar-refractivity contribution in [3.05, 3.63) is 137 Å². The predicted molar refractivity (Wildman–Crippen MR) is 465 cm³/mol. The molecule has 11 atom stereocenters. The van der Waals surface area contributed by atoms with Crippen molar-refractivity contribution >= 4 is 194 Å². The number of carbonyl (C=O) groups is 25. The Balaban J connectivity index is 0.000000431. The van der Waals surface area contributed by atoms with Crippen LogP contribution in [-0.4, -0.2) is 363 Å². The van der Waals surface area contributed by atoms with Crippen molar-refractivity contribution in [3.63, 3.8) is 0 Å². The number of imide groups is 2. The zero-order valence-corrected chi connectivity index (χ0v) is 74.7. The summed E-state index contributed by atoms with van der Waals surface area (Å²) in [7, 11) is 1.85. The number of hydrogen-bond donors (Lipinski definition) is 22. The number of phenols is 1. The number of nitrogens with one attached hydrogen (secondary N) is 3. The quantitative estimate of drug-likeness (QED) is 0.00690. The van der Waals surface area contributed by atoms with E-state index in [1.807, 2.05) is 0 Å². The number of thioether (sulfide) groups is 2. The summed E-state index contributed by atoms with van der Waals surface area (Å²) in [6.07, 6.45) is -5.61. The molecule has 1 saturated carbocycles. The number of phenolic OH excluding ortho intramolecular Hbond substituents is 1. The Labute approximate surface area is 792 Å². The van der Waals surface area contributed by atoms with E-state index < -0.39 is 222 Å². The third kappa shape index (κ3) is 40.1. The monoisotopic (exact) mass is 2020 g/mol. The first-order chi connectivity index (χ1) is 64.7. The molecule has 3 saturated heterocycles. The lowest BCUT2D eigenvalue weighted by molar-refractivity contribution is -0.161. The van der Waals surface area contributed by atoms with Gasteiger partial charge >= 0.3 is 108 Å². The predicted octanol–water partition coefficient (Wildman–Crippen LogP) is -0.0533. The number of alkyl carbamates (subject to hydrolysis) is 1. The standard InChI is InChI=1S/C22H16N2O8S2.C22H24N2O8.C12H16N2O6.C7H12O4S2.C6H8O4.C5H8N2O5.C4H4O5.C3H4O5/c25-17-11-5-1-2-6-12(11)18(26)23(17)15(21(29)30)9-33-34-10-16(22(31)32)24-19(27)13-7-3-4-8-14(13)20(24)28;25-16-8-6-14(7-9-16)12-18(21(29)30)23-20(28)17(10-11-19(26)27)24-22(31)32-13-15-4-2-1-3-5-15;15-9-3-7(11(17)18)5-13(9)1-2-14-6-8(12(19)20)4-10(14)16;8-6(9)1-3-12-5-13-4-2-7(10)11;7-5(8)3-1-2-4(3)6(9)10;6-5(12)7-2(4(10)11)1-3(8)9;5-3(6)1-2(9-1)4(7)8;4-1(2(5)6)3(7)8/h1-8,15-16H,9-10H2,(H,29,30)(H,31,32);1-9,17-18,25H,10-13H2,(H,23,28)(H,24,31)(H,26,27)(H,29,30);7-8H,1-6H2,(H,17,18)(H,19,20);1-5H2,(H,8,9)(H,10,11);3-4H,1-2H2,(H,7,8)(H,9,10);2H,1H2,(H,8,9)(H,10,11)(H3,6,7,12);1-2H,(H,5,6)(H,7,8);1,4H,(H,5,6)(H,7,8)/t15-,16-;17-,18+;;;3-,4+;;;/m01....../s1. The number of epoxide rings is 1. The topological polar surface area (TPSA) is 888 Å². The molecule has 10 amide bonds. The van der Waals surface area contributed by atoms with Crippen LogP contribution in [0.1, 0.15) is 110 Å². The number of aliphatic hydroxyl groups excluding tert-OH is 1. The number of urea groups is 1. The maximum atomic E-state index is 12.6. The average Bonchev–Trinajstić information content (AvgIpc) is 1.62. The lowest BCUT2D eigenvalue weighted by Crippen LogP contribution is -2.52. The minimum absolute atomic E-state index is 0.0108. The first kappa shape index (κ1) is 117. The summed E-state index contributed by atoms with van der Waals surface area (Å²) in [6.45, 7) is 0.747. The molecule has 0 spiro atoms. The van der Waals surface area contributed by atoms with Crippen molar-refractivity contribution in [1.29, 1.82) is 0 Å². The Bertz CT molecular complexity index is 4850. The van der Waals surface area contributed by atoms with Gasteiger partial charge in [0.1, 0.15) is 42.6 Å². The molecule has 138 heavy (non-hydrogen) atoms. The first-order valence-corrected chi connectivity index (χ1v) is 44.5. The van der Waals surface area contributed by atoms with Crippen LogP contribution >= 0.6 is 45.1 Å². The van der Waals surface area contributed by atoms with Gasteiger partial charge in [-0.1, -0.05) is 88.3 Å². The van der Waals surface area contributed by atoms with Gasteiger partial charge in [-0.25, -0.2) is 47.9 Å². The number of hydrogen-bond acceptors (Lipinski definition) is 33. The number of carbonyl (C=O) groups excluding carboxylic acids is 9. The highest BCUT2D eigenvalue weighted by Crippen LogP contribution is 2.36. The van der Waals surface area contributed by atoms with E-state index in [9.17, 15) is 140 Å². The molecule has 0 aromatic heterocycles. The summed E-state index contributed by atoms with van der Waals surface area (Å²) in [5.74, 6) is -25.6. The second kappa shape index (κ2) is 58.1. The summed E-state index contributed by atoms with van der Waals surface area (Å²) >= 11 is 3.04. The lowest BCUT2D eigenvalue weighted by Gasteiger charge is -2.29. The first-order valence-electron chi connectivity index (χ1n) is 39.7. The highest BCUT2D eigenvalue weighted by Gasteiger charge is 2.51. The average molecular weight is 2030 g/mol. The fraction of sp³-hybridized carbons (Fsp3) is 0.395. The van der Waals surface area contributed by atoms with Crippen LogP contribution in [0.15, 0.2) is 103 Å². The Morgan fingerprint density at radius 3 is 1.11 bits per heavy atom. The molecule has 5 unspecified atom stereocenters. The number of primary amides is 1. The molecule has 0 bridgehead atoms. The number of aliphatic carboxylic acids is 16. The van der Waals surface area contributed by atoms with E-state index in [1.165, 1.54) is 81.9 Å².